The third-order valence-electron chi connectivity index (χ3n) is 4.99. The summed E-state index contributed by atoms with van der Waals surface area (Å²) in [6.07, 6.45) is -0.204. The highest BCUT2D eigenvalue weighted by Crippen LogP contribution is 2.29. The summed E-state index contributed by atoms with van der Waals surface area (Å²) >= 11 is 0. The fraction of sp³-hybridized carbons (Fsp3) is 0.364. The Labute approximate surface area is 171 Å². The fourth-order valence-corrected chi connectivity index (χ4v) is 3.39. The zero-order chi connectivity index (χ0) is 20.8. The third kappa shape index (κ3) is 5.19. The first kappa shape index (κ1) is 20.5. The predicted molar refractivity (Wildman–Crippen MR) is 113 cm³/mol. The van der Waals surface area contributed by atoms with Gasteiger partial charge >= 0.3 is 0 Å². The van der Waals surface area contributed by atoms with Crippen LogP contribution >= 0.6 is 0 Å². The van der Waals surface area contributed by atoms with Gasteiger partial charge in [-0.15, -0.1) is 0 Å². The monoisotopic (exact) mass is 397 g/mol. The van der Waals surface area contributed by atoms with Crippen LogP contribution in [0.3, 0.4) is 0 Å². The van der Waals surface area contributed by atoms with Crippen LogP contribution in [0.15, 0.2) is 42.5 Å². The molecule has 3 rings (SSSR count). The highest BCUT2D eigenvalue weighted by Gasteiger charge is 2.23. The van der Waals surface area contributed by atoms with Gasteiger partial charge in [0.25, 0.3) is 0 Å². The maximum absolute atomic E-state index is 12.6. The molecule has 0 aromatic heterocycles. The zero-order valence-corrected chi connectivity index (χ0v) is 17.1. The summed E-state index contributed by atoms with van der Waals surface area (Å²) in [5.74, 6) is 0.564. The van der Waals surface area contributed by atoms with Gasteiger partial charge in [-0.25, -0.2) is 0 Å². The standard InChI is InChI=1S/C22H27N3O4/c1-16-5-4-6-17(13-16)24-9-11-25(12-10-24)22(27)15-21(26)23-19-14-18(28-2)7-8-20(19)29-3/h4-8,13-14H,9-12,15H2,1-3H3,(H,23,26). The topological polar surface area (TPSA) is 71.1 Å². The molecule has 154 valence electrons. The number of piperazine rings is 1. The molecular formula is C22H27N3O4. The van der Waals surface area contributed by atoms with E-state index in [0.29, 0.717) is 30.3 Å². The summed E-state index contributed by atoms with van der Waals surface area (Å²) < 4.78 is 10.4. The van der Waals surface area contributed by atoms with E-state index in [1.54, 1.807) is 30.2 Å². The Balaban J connectivity index is 1.54. The maximum Gasteiger partial charge on any atom is 0.233 e. The largest absolute Gasteiger partial charge is 0.497 e. The molecular weight excluding hydrogens is 370 g/mol. The average molecular weight is 397 g/mol. The Bertz CT molecular complexity index is 876. The maximum atomic E-state index is 12.6. The number of rotatable bonds is 6. The van der Waals surface area contributed by atoms with Crippen LogP contribution in [-0.2, 0) is 9.59 Å². The van der Waals surface area contributed by atoms with Crippen LogP contribution in [0.25, 0.3) is 0 Å². The zero-order valence-electron chi connectivity index (χ0n) is 17.1. The van der Waals surface area contributed by atoms with Gasteiger partial charge < -0.3 is 24.6 Å². The Morgan fingerprint density at radius 3 is 2.41 bits per heavy atom. The van der Waals surface area contributed by atoms with E-state index in [2.05, 4.69) is 35.3 Å². The number of carbonyl (C=O) groups excluding carboxylic acids is 2. The summed E-state index contributed by atoms with van der Waals surface area (Å²) in [7, 11) is 3.07. The molecule has 29 heavy (non-hydrogen) atoms. The first-order chi connectivity index (χ1) is 14.0. The van der Waals surface area contributed by atoms with E-state index in [-0.39, 0.29) is 18.2 Å². The summed E-state index contributed by atoms with van der Waals surface area (Å²) in [4.78, 5) is 29.0. The lowest BCUT2D eigenvalue weighted by molar-refractivity contribution is -0.134. The molecule has 0 unspecified atom stereocenters. The number of ether oxygens (including phenoxy) is 2. The number of hydrogen-bond acceptors (Lipinski definition) is 5. The summed E-state index contributed by atoms with van der Waals surface area (Å²) in [6.45, 7) is 4.77. The number of hydrogen-bond donors (Lipinski definition) is 1. The van der Waals surface area contributed by atoms with Crippen LogP contribution in [0.2, 0.25) is 0 Å². The Morgan fingerprint density at radius 1 is 1.00 bits per heavy atom. The second kappa shape index (κ2) is 9.32. The molecule has 1 aliphatic rings. The van der Waals surface area contributed by atoms with Crippen LogP contribution < -0.4 is 19.7 Å². The van der Waals surface area contributed by atoms with E-state index >= 15 is 0 Å². The van der Waals surface area contributed by atoms with Crippen molar-refractivity contribution in [2.75, 3.05) is 50.6 Å². The van der Waals surface area contributed by atoms with Gasteiger partial charge in [0.15, 0.2) is 0 Å². The van der Waals surface area contributed by atoms with Gasteiger partial charge in [0, 0.05) is 37.9 Å². The van der Waals surface area contributed by atoms with Gasteiger partial charge in [-0.2, -0.15) is 0 Å². The first-order valence-corrected chi connectivity index (χ1v) is 9.61. The molecule has 1 aliphatic heterocycles. The highest BCUT2D eigenvalue weighted by atomic mass is 16.5. The molecule has 7 nitrogen and oxygen atoms in total. The van der Waals surface area contributed by atoms with Crippen LogP contribution in [0, 0.1) is 6.92 Å². The molecule has 0 bridgehead atoms. The lowest BCUT2D eigenvalue weighted by Gasteiger charge is -2.36. The molecule has 1 N–H and O–H groups in total. The number of nitrogens with zero attached hydrogens (tertiary/aromatic N) is 2. The lowest BCUT2D eigenvalue weighted by atomic mass is 10.2. The van der Waals surface area contributed by atoms with E-state index < -0.39 is 0 Å². The number of methoxy groups -OCH3 is 2. The average Bonchev–Trinajstić information content (AvgIpc) is 2.73. The number of aryl methyl sites for hydroxylation is 1. The van der Waals surface area contributed by atoms with Gasteiger partial charge in [0.05, 0.1) is 19.9 Å². The number of amides is 2. The molecule has 1 fully saturated rings. The number of benzene rings is 2. The van der Waals surface area contributed by atoms with Crippen LogP contribution in [0.5, 0.6) is 11.5 Å². The molecule has 0 saturated carbocycles. The molecule has 0 radical (unpaired) electrons. The van der Waals surface area contributed by atoms with Crippen molar-refractivity contribution in [3.05, 3.63) is 48.0 Å². The van der Waals surface area contributed by atoms with Crippen molar-refractivity contribution in [1.82, 2.24) is 4.90 Å². The van der Waals surface area contributed by atoms with Gasteiger partial charge in [0.2, 0.25) is 11.8 Å². The minimum absolute atomic E-state index is 0.173. The summed E-state index contributed by atoms with van der Waals surface area (Å²) in [6, 6.07) is 13.5. The minimum atomic E-state index is -0.373. The Morgan fingerprint density at radius 2 is 1.76 bits per heavy atom. The van der Waals surface area contributed by atoms with E-state index in [1.165, 1.54) is 18.4 Å². The van der Waals surface area contributed by atoms with Crippen LogP contribution in [0.1, 0.15) is 12.0 Å². The van der Waals surface area contributed by atoms with E-state index in [9.17, 15) is 9.59 Å². The van der Waals surface area contributed by atoms with Gasteiger partial charge in [0.1, 0.15) is 17.9 Å². The fourth-order valence-electron chi connectivity index (χ4n) is 3.39. The van der Waals surface area contributed by atoms with Crippen molar-refractivity contribution < 1.29 is 19.1 Å². The van der Waals surface area contributed by atoms with Crippen molar-refractivity contribution in [3.8, 4) is 11.5 Å². The van der Waals surface area contributed by atoms with Crippen LogP contribution in [-0.4, -0.2) is 57.1 Å². The first-order valence-electron chi connectivity index (χ1n) is 9.61. The highest BCUT2D eigenvalue weighted by molar-refractivity contribution is 6.04. The second-order valence-electron chi connectivity index (χ2n) is 7.00. The SMILES string of the molecule is COc1ccc(OC)c(NC(=O)CC(=O)N2CCN(c3cccc(C)c3)CC2)c1. The van der Waals surface area contributed by atoms with Crippen molar-refractivity contribution in [1.29, 1.82) is 0 Å². The molecule has 0 atom stereocenters. The van der Waals surface area contributed by atoms with Crippen LogP contribution in [0.4, 0.5) is 11.4 Å². The van der Waals surface area contributed by atoms with E-state index in [0.717, 1.165) is 13.1 Å². The molecule has 0 spiro atoms. The molecule has 2 aromatic rings. The Hall–Kier alpha value is -3.22. The van der Waals surface area contributed by atoms with Crippen molar-refractivity contribution in [2.24, 2.45) is 0 Å². The third-order valence-corrected chi connectivity index (χ3v) is 4.99. The van der Waals surface area contributed by atoms with E-state index in [1.807, 2.05) is 6.07 Å². The molecule has 2 aromatic carbocycles. The lowest BCUT2D eigenvalue weighted by Crippen LogP contribution is -2.49. The molecule has 1 saturated heterocycles. The normalized spacial score (nSPS) is 13.8. The number of carbonyl (C=O) groups is 2. The molecule has 7 heteroatoms. The predicted octanol–water partition coefficient (Wildman–Crippen LogP) is 2.69. The van der Waals surface area contributed by atoms with Crippen molar-refractivity contribution in [3.63, 3.8) is 0 Å². The van der Waals surface area contributed by atoms with Gasteiger partial charge in [-0.1, -0.05) is 12.1 Å². The Kier molecular flexibility index (Phi) is 6.59. The summed E-state index contributed by atoms with van der Waals surface area (Å²) in [5.41, 5.74) is 2.86. The molecule has 1 heterocycles. The molecule has 0 aliphatic carbocycles. The summed E-state index contributed by atoms with van der Waals surface area (Å²) in [5, 5.41) is 2.75. The smallest absolute Gasteiger partial charge is 0.233 e. The molecule has 2 amide bonds. The van der Waals surface area contributed by atoms with E-state index in [4.69, 9.17) is 9.47 Å². The second-order valence-corrected chi connectivity index (χ2v) is 7.00. The van der Waals surface area contributed by atoms with Crippen molar-refractivity contribution in [2.45, 2.75) is 13.3 Å². The van der Waals surface area contributed by atoms with Gasteiger partial charge in [-0.05, 0) is 36.8 Å². The minimum Gasteiger partial charge on any atom is -0.497 e. The van der Waals surface area contributed by atoms with Crippen molar-refractivity contribution >= 4 is 23.2 Å². The number of anilines is 2. The number of nitrogens with one attached hydrogen (secondary N) is 1. The van der Waals surface area contributed by atoms with Gasteiger partial charge in [-0.3, -0.25) is 9.59 Å². The quantitative estimate of drug-likeness (QED) is 0.759.